The first-order valence-electron chi connectivity index (χ1n) is 6.33. The number of anilines is 1. The molecule has 0 amide bonds. The standard InChI is InChI=1S/C15H18BrNO2/c1-15(2)7-8-17(10-15)13-5-4-12(16)9-11(13)3-6-14(18)19/h3-6,9H,7-8,10H2,1-2H3,(H,18,19)/b6-3+. The monoisotopic (exact) mass is 323 g/mol. The van der Waals surface area contributed by atoms with Crippen LogP contribution >= 0.6 is 15.9 Å². The predicted octanol–water partition coefficient (Wildman–Crippen LogP) is 3.78. The van der Waals surface area contributed by atoms with Crippen molar-refractivity contribution in [3.8, 4) is 0 Å². The first-order chi connectivity index (χ1) is 8.87. The first kappa shape index (κ1) is 14.1. The molecule has 3 nitrogen and oxygen atoms in total. The molecule has 1 aromatic carbocycles. The predicted molar refractivity (Wildman–Crippen MR) is 81.4 cm³/mol. The van der Waals surface area contributed by atoms with E-state index in [1.165, 1.54) is 6.08 Å². The summed E-state index contributed by atoms with van der Waals surface area (Å²) in [4.78, 5) is 13.0. The molecule has 2 rings (SSSR count). The summed E-state index contributed by atoms with van der Waals surface area (Å²) in [6.07, 6.45) is 4.01. The summed E-state index contributed by atoms with van der Waals surface area (Å²) < 4.78 is 0.958. The highest BCUT2D eigenvalue weighted by Crippen LogP contribution is 2.35. The van der Waals surface area contributed by atoms with E-state index in [9.17, 15) is 4.79 Å². The lowest BCUT2D eigenvalue weighted by Gasteiger charge is -2.23. The Bertz CT molecular complexity index is 523. The molecule has 0 atom stereocenters. The van der Waals surface area contributed by atoms with Crippen molar-refractivity contribution in [3.63, 3.8) is 0 Å². The SMILES string of the molecule is CC1(C)CCN(c2ccc(Br)cc2/C=C/C(=O)O)C1. The summed E-state index contributed by atoms with van der Waals surface area (Å²) in [5, 5.41) is 8.77. The van der Waals surface area contributed by atoms with Gasteiger partial charge in [-0.1, -0.05) is 29.8 Å². The highest BCUT2D eigenvalue weighted by atomic mass is 79.9. The van der Waals surface area contributed by atoms with Crippen molar-refractivity contribution in [2.24, 2.45) is 5.41 Å². The number of hydrogen-bond acceptors (Lipinski definition) is 2. The minimum absolute atomic E-state index is 0.320. The van der Waals surface area contributed by atoms with Crippen LogP contribution in [0.2, 0.25) is 0 Å². The van der Waals surface area contributed by atoms with E-state index in [-0.39, 0.29) is 0 Å². The van der Waals surface area contributed by atoms with Crippen molar-refractivity contribution in [1.29, 1.82) is 0 Å². The lowest BCUT2D eigenvalue weighted by Crippen LogP contribution is -2.23. The van der Waals surface area contributed by atoms with E-state index >= 15 is 0 Å². The second-order valence-corrected chi connectivity index (χ2v) is 6.63. The average molecular weight is 324 g/mol. The van der Waals surface area contributed by atoms with E-state index in [0.29, 0.717) is 5.41 Å². The molecule has 1 aliphatic rings. The third-order valence-corrected chi connectivity index (χ3v) is 3.91. The number of carbonyl (C=O) groups is 1. The third kappa shape index (κ3) is 3.60. The van der Waals surface area contributed by atoms with Crippen LogP contribution in [0.5, 0.6) is 0 Å². The summed E-state index contributed by atoms with van der Waals surface area (Å²) in [5.74, 6) is -0.923. The Labute approximate surface area is 122 Å². The van der Waals surface area contributed by atoms with Gasteiger partial charge in [0.1, 0.15) is 0 Å². The van der Waals surface area contributed by atoms with Gasteiger partial charge in [-0.15, -0.1) is 0 Å². The average Bonchev–Trinajstić information content (AvgIpc) is 2.67. The Hall–Kier alpha value is -1.29. The number of carboxylic acids is 1. The number of aliphatic carboxylic acids is 1. The van der Waals surface area contributed by atoms with Gasteiger partial charge in [0.2, 0.25) is 0 Å². The summed E-state index contributed by atoms with van der Waals surface area (Å²) in [7, 11) is 0. The van der Waals surface area contributed by atoms with Gasteiger partial charge in [0, 0.05) is 29.3 Å². The summed E-state index contributed by atoms with van der Waals surface area (Å²) in [6.45, 7) is 6.54. The molecule has 1 heterocycles. The maximum Gasteiger partial charge on any atom is 0.328 e. The Balaban J connectivity index is 2.32. The van der Waals surface area contributed by atoms with E-state index in [4.69, 9.17) is 5.11 Å². The second kappa shape index (κ2) is 5.37. The molecule has 0 unspecified atom stereocenters. The van der Waals surface area contributed by atoms with Crippen molar-refractivity contribution in [2.45, 2.75) is 20.3 Å². The number of rotatable bonds is 3. The molecular weight excluding hydrogens is 306 g/mol. The van der Waals surface area contributed by atoms with Crippen molar-refractivity contribution in [2.75, 3.05) is 18.0 Å². The Morgan fingerprint density at radius 2 is 2.21 bits per heavy atom. The number of hydrogen-bond donors (Lipinski definition) is 1. The van der Waals surface area contributed by atoms with Gasteiger partial charge >= 0.3 is 5.97 Å². The quantitative estimate of drug-likeness (QED) is 0.860. The zero-order chi connectivity index (χ0) is 14.0. The molecule has 0 saturated carbocycles. The van der Waals surface area contributed by atoms with Crippen LogP contribution in [0.25, 0.3) is 6.08 Å². The molecule has 1 N–H and O–H groups in total. The molecule has 102 valence electrons. The van der Waals surface area contributed by atoms with Gasteiger partial charge in [-0.3, -0.25) is 0 Å². The van der Waals surface area contributed by atoms with Crippen LogP contribution in [-0.2, 0) is 4.79 Å². The van der Waals surface area contributed by atoms with E-state index in [1.807, 2.05) is 18.2 Å². The van der Waals surface area contributed by atoms with Crippen molar-refractivity contribution >= 4 is 33.7 Å². The van der Waals surface area contributed by atoms with Crippen LogP contribution in [0.4, 0.5) is 5.69 Å². The molecule has 1 fully saturated rings. The lowest BCUT2D eigenvalue weighted by molar-refractivity contribution is -0.131. The first-order valence-corrected chi connectivity index (χ1v) is 7.12. The van der Waals surface area contributed by atoms with Crippen LogP contribution in [0.1, 0.15) is 25.8 Å². The highest BCUT2D eigenvalue weighted by Gasteiger charge is 2.29. The second-order valence-electron chi connectivity index (χ2n) is 5.71. The fraction of sp³-hybridized carbons (Fsp3) is 0.400. The molecule has 0 radical (unpaired) electrons. The number of carboxylic acid groups (broad SMARTS) is 1. The fourth-order valence-electron chi connectivity index (χ4n) is 2.43. The maximum absolute atomic E-state index is 10.7. The molecule has 0 spiro atoms. The van der Waals surface area contributed by atoms with Crippen LogP contribution in [0.15, 0.2) is 28.7 Å². The van der Waals surface area contributed by atoms with Gasteiger partial charge in [0.15, 0.2) is 0 Å². The largest absolute Gasteiger partial charge is 0.478 e. The van der Waals surface area contributed by atoms with E-state index in [0.717, 1.165) is 35.2 Å². The number of nitrogens with zero attached hydrogens (tertiary/aromatic N) is 1. The molecule has 0 aliphatic carbocycles. The van der Waals surface area contributed by atoms with Crippen LogP contribution in [-0.4, -0.2) is 24.2 Å². The van der Waals surface area contributed by atoms with Gasteiger partial charge in [-0.25, -0.2) is 4.79 Å². The Morgan fingerprint density at radius 3 is 2.79 bits per heavy atom. The van der Waals surface area contributed by atoms with Crippen LogP contribution in [0, 0.1) is 5.41 Å². The number of halogens is 1. The zero-order valence-electron chi connectivity index (χ0n) is 11.2. The van der Waals surface area contributed by atoms with Crippen molar-refractivity contribution in [3.05, 3.63) is 34.3 Å². The Kier molecular flexibility index (Phi) is 3.99. The minimum atomic E-state index is -0.923. The van der Waals surface area contributed by atoms with E-state index in [2.05, 4.69) is 34.7 Å². The summed E-state index contributed by atoms with van der Waals surface area (Å²) in [5.41, 5.74) is 2.36. The van der Waals surface area contributed by atoms with Crippen molar-refractivity contribution < 1.29 is 9.90 Å². The maximum atomic E-state index is 10.7. The summed E-state index contributed by atoms with van der Waals surface area (Å²) in [6, 6.07) is 6.01. The van der Waals surface area contributed by atoms with Gasteiger partial charge in [-0.05, 0) is 41.7 Å². The smallest absolute Gasteiger partial charge is 0.328 e. The molecule has 0 bridgehead atoms. The molecule has 1 aromatic rings. The van der Waals surface area contributed by atoms with Gasteiger partial charge in [0.05, 0.1) is 0 Å². The lowest BCUT2D eigenvalue weighted by atomic mass is 9.93. The normalized spacial score (nSPS) is 18.2. The van der Waals surface area contributed by atoms with Crippen LogP contribution < -0.4 is 4.90 Å². The highest BCUT2D eigenvalue weighted by molar-refractivity contribution is 9.10. The molecule has 0 aromatic heterocycles. The fourth-order valence-corrected chi connectivity index (χ4v) is 2.80. The molecule has 19 heavy (non-hydrogen) atoms. The third-order valence-electron chi connectivity index (χ3n) is 3.41. The zero-order valence-corrected chi connectivity index (χ0v) is 12.8. The molecule has 1 aliphatic heterocycles. The van der Waals surface area contributed by atoms with Gasteiger partial charge < -0.3 is 10.0 Å². The van der Waals surface area contributed by atoms with Gasteiger partial charge in [0.25, 0.3) is 0 Å². The van der Waals surface area contributed by atoms with Gasteiger partial charge in [-0.2, -0.15) is 0 Å². The topological polar surface area (TPSA) is 40.5 Å². The summed E-state index contributed by atoms with van der Waals surface area (Å²) >= 11 is 3.43. The van der Waals surface area contributed by atoms with Crippen LogP contribution in [0.3, 0.4) is 0 Å². The Morgan fingerprint density at radius 1 is 1.47 bits per heavy atom. The van der Waals surface area contributed by atoms with Crippen molar-refractivity contribution in [1.82, 2.24) is 0 Å². The molecule has 4 heteroatoms. The van der Waals surface area contributed by atoms with E-state index in [1.54, 1.807) is 6.08 Å². The minimum Gasteiger partial charge on any atom is -0.478 e. The molecular formula is C15H18BrNO2. The molecule has 1 saturated heterocycles. The van der Waals surface area contributed by atoms with E-state index < -0.39 is 5.97 Å². The number of benzene rings is 1.